The first-order chi connectivity index (χ1) is 11.2. The fraction of sp³-hybridized carbons (Fsp3) is 0.444. The number of nitrogens with zero attached hydrogens (tertiary/aromatic N) is 2. The summed E-state index contributed by atoms with van der Waals surface area (Å²) >= 11 is 0. The van der Waals surface area contributed by atoms with Crippen LogP contribution in [-0.4, -0.2) is 28.5 Å². The molecule has 1 aromatic heterocycles. The average Bonchev–Trinajstić information content (AvgIpc) is 3.10. The Hall–Kier alpha value is -2.14. The third kappa shape index (κ3) is 4.20. The number of imidazole rings is 1. The number of nitrogens with one attached hydrogen (secondary N) is 2. The van der Waals surface area contributed by atoms with E-state index in [2.05, 4.69) is 22.5 Å². The highest BCUT2D eigenvalue weighted by molar-refractivity contribution is 5.91. The summed E-state index contributed by atoms with van der Waals surface area (Å²) in [6, 6.07) is 7.83. The van der Waals surface area contributed by atoms with Gasteiger partial charge in [-0.05, 0) is 56.0 Å². The molecule has 5 nitrogen and oxygen atoms in total. The van der Waals surface area contributed by atoms with Crippen LogP contribution in [0.3, 0.4) is 0 Å². The summed E-state index contributed by atoms with van der Waals surface area (Å²) in [5.74, 6) is 1.17. The molecule has 23 heavy (non-hydrogen) atoms. The fourth-order valence-electron chi connectivity index (χ4n) is 3.24. The number of benzene rings is 1. The van der Waals surface area contributed by atoms with Crippen molar-refractivity contribution in [3.63, 3.8) is 0 Å². The fourth-order valence-corrected chi connectivity index (χ4v) is 3.24. The van der Waals surface area contributed by atoms with E-state index in [1.54, 1.807) is 12.5 Å². The van der Waals surface area contributed by atoms with E-state index >= 15 is 0 Å². The highest BCUT2D eigenvalue weighted by Crippen LogP contribution is 2.25. The number of rotatable bonds is 5. The zero-order valence-electron chi connectivity index (χ0n) is 13.5. The Morgan fingerprint density at radius 2 is 2.26 bits per heavy atom. The minimum Gasteiger partial charge on any atom is -0.326 e. The quantitative estimate of drug-likeness (QED) is 0.892. The molecular weight excluding hydrogens is 288 g/mol. The maximum atomic E-state index is 12.3. The van der Waals surface area contributed by atoms with Crippen molar-refractivity contribution in [3.05, 3.63) is 43.0 Å². The molecule has 0 spiro atoms. The lowest BCUT2D eigenvalue weighted by atomic mass is 9.84. The van der Waals surface area contributed by atoms with E-state index in [1.165, 1.54) is 12.8 Å². The van der Waals surface area contributed by atoms with Crippen LogP contribution in [0, 0.1) is 11.8 Å². The molecule has 1 atom stereocenters. The lowest BCUT2D eigenvalue weighted by Gasteiger charge is -2.27. The highest BCUT2D eigenvalue weighted by Gasteiger charge is 2.22. The van der Waals surface area contributed by atoms with Gasteiger partial charge >= 0.3 is 0 Å². The summed E-state index contributed by atoms with van der Waals surface area (Å²) < 4.78 is 1.92. The summed E-state index contributed by atoms with van der Waals surface area (Å²) in [5, 5.41) is 6.40. The molecule has 2 heterocycles. The Morgan fingerprint density at radius 3 is 3.00 bits per heavy atom. The maximum absolute atomic E-state index is 12.3. The normalized spacial score (nSPS) is 16.9. The second kappa shape index (κ2) is 7.42. The molecule has 0 saturated carbocycles. The summed E-state index contributed by atoms with van der Waals surface area (Å²) in [5.41, 5.74) is 1.82. The Labute approximate surface area is 137 Å². The number of hydrogen-bond acceptors (Lipinski definition) is 3. The van der Waals surface area contributed by atoms with Crippen LogP contribution in [0.1, 0.15) is 26.2 Å². The number of amides is 1. The number of carbonyl (C=O) groups excluding carboxylic acids is 1. The molecule has 3 rings (SSSR count). The first-order valence-corrected chi connectivity index (χ1v) is 8.31. The maximum Gasteiger partial charge on any atom is 0.224 e. The van der Waals surface area contributed by atoms with E-state index in [0.717, 1.165) is 24.5 Å². The largest absolute Gasteiger partial charge is 0.326 e. The van der Waals surface area contributed by atoms with E-state index in [1.807, 2.05) is 35.0 Å². The van der Waals surface area contributed by atoms with Crippen LogP contribution in [0.15, 0.2) is 43.0 Å². The van der Waals surface area contributed by atoms with Gasteiger partial charge in [-0.15, -0.1) is 0 Å². The third-order valence-electron chi connectivity index (χ3n) is 4.63. The standard InChI is InChI=1S/C18H24N4O/c1-14(15-5-7-19-8-6-15)11-18(23)21-16-3-2-4-17(12-16)22-10-9-20-13-22/h2-4,9-10,12-15,19H,5-8,11H2,1H3,(H,21,23). The molecule has 1 amide bonds. The second-order valence-corrected chi connectivity index (χ2v) is 6.34. The highest BCUT2D eigenvalue weighted by atomic mass is 16.1. The zero-order valence-corrected chi connectivity index (χ0v) is 13.5. The monoisotopic (exact) mass is 312 g/mol. The summed E-state index contributed by atoms with van der Waals surface area (Å²) in [4.78, 5) is 16.4. The SMILES string of the molecule is CC(CC(=O)Nc1cccc(-n2ccnc2)c1)C1CCNCC1. The second-order valence-electron chi connectivity index (χ2n) is 6.34. The molecule has 5 heteroatoms. The molecular formula is C18H24N4O. The molecule has 2 aromatic rings. The predicted molar refractivity (Wildman–Crippen MR) is 91.6 cm³/mol. The Kier molecular flexibility index (Phi) is 5.08. The third-order valence-corrected chi connectivity index (χ3v) is 4.63. The molecule has 122 valence electrons. The molecule has 2 N–H and O–H groups in total. The molecule has 1 unspecified atom stereocenters. The van der Waals surface area contributed by atoms with Crippen LogP contribution >= 0.6 is 0 Å². The first-order valence-electron chi connectivity index (χ1n) is 8.31. The summed E-state index contributed by atoms with van der Waals surface area (Å²) in [6.45, 7) is 4.34. The smallest absolute Gasteiger partial charge is 0.224 e. The molecule has 1 saturated heterocycles. The van der Waals surface area contributed by atoms with Gasteiger partial charge in [-0.3, -0.25) is 4.79 Å². The van der Waals surface area contributed by atoms with Gasteiger partial charge in [0.1, 0.15) is 0 Å². The van der Waals surface area contributed by atoms with Gasteiger partial charge in [0.25, 0.3) is 0 Å². The first kappa shape index (κ1) is 15.7. The number of hydrogen-bond donors (Lipinski definition) is 2. The van der Waals surface area contributed by atoms with E-state index in [-0.39, 0.29) is 5.91 Å². The molecule has 0 aliphatic carbocycles. The van der Waals surface area contributed by atoms with Gasteiger partial charge in [0, 0.05) is 30.2 Å². The van der Waals surface area contributed by atoms with Gasteiger partial charge in [-0.1, -0.05) is 13.0 Å². The topological polar surface area (TPSA) is 59.0 Å². The van der Waals surface area contributed by atoms with Crippen LogP contribution < -0.4 is 10.6 Å². The number of piperidine rings is 1. The van der Waals surface area contributed by atoms with Crippen molar-refractivity contribution < 1.29 is 4.79 Å². The average molecular weight is 312 g/mol. The van der Waals surface area contributed by atoms with Crippen molar-refractivity contribution in [3.8, 4) is 5.69 Å². The van der Waals surface area contributed by atoms with E-state index in [0.29, 0.717) is 18.3 Å². The minimum atomic E-state index is 0.0961. The minimum absolute atomic E-state index is 0.0961. The number of anilines is 1. The summed E-state index contributed by atoms with van der Waals surface area (Å²) in [7, 11) is 0. The predicted octanol–water partition coefficient (Wildman–Crippen LogP) is 2.84. The summed E-state index contributed by atoms with van der Waals surface area (Å²) in [6.07, 6.45) is 8.31. The van der Waals surface area contributed by atoms with Crippen LogP contribution in [0.5, 0.6) is 0 Å². The molecule has 0 bridgehead atoms. The lowest BCUT2D eigenvalue weighted by Crippen LogP contribution is -2.32. The molecule has 1 aliphatic heterocycles. The van der Waals surface area contributed by atoms with Crippen LogP contribution in [0.25, 0.3) is 5.69 Å². The lowest BCUT2D eigenvalue weighted by molar-refractivity contribution is -0.117. The van der Waals surface area contributed by atoms with Crippen molar-refractivity contribution in [1.29, 1.82) is 0 Å². The molecule has 1 aliphatic rings. The number of aromatic nitrogens is 2. The van der Waals surface area contributed by atoms with Gasteiger partial charge in [0.2, 0.25) is 5.91 Å². The van der Waals surface area contributed by atoms with E-state index < -0.39 is 0 Å². The molecule has 0 radical (unpaired) electrons. The van der Waals surface area contributed by atoms with Gasteiger partial charge in [0.05, 0.1) is 6.33 Å². The van der Waals surface area contributed by atoms with Crippen molar-refractivity contribution >= 4 is 11.6 Å². The van der Waals surface area contributed by atoms with Crippen molar-refractivity contribution in [2.45, 2.75) is 26.2 Å². The van der Waals surface area contributed by atoms with Gasteiger partial charge < -0.3 is 15.2 Å². The Morgan fingerprint density at radius 1 is 1.43 bits per heavy atom. The van der Waals surface area contributed by atoms with Crippen LogP contribution in [0.4, 0.5) is 5.69 Å². The van der Waals surface area contributed by atoms with Crippen LogP contribution in [-0.2, 0) is 4.79 Å². The molecule has 1 fully saturated rings. The van der Waals surface area contributed by atoms with Gasteiger partial charge in [-0.2, -0.15) is 0 Å². The zero-order chi connectivity index (χ0) is 16.1. The van der Waals surface area contributed by atoms with Crippen LogP contribution in [0.2, 0.25) is 0 Å². The molecule has 1 aromatic carbocycles. The van der Waals surface area contributed by atoms with Crippen molar-refractivity contribution in [1.82, 2.24) is 14.9 Å². The Bertz CT molecular complexity index is 632. The van der Waals surface area contributed by atoms with Crippen molar-refractivity contribution in [2.75, 3.05) is 18.4 Å². The van der Waals surface area contributed by atoms with Gasteiger partial charge in [0.15, 0.2) is 0 Å². The van der Waals surface area contributed by atoms with Gasteiger partial charge in [-0.25, -0.2) is 4.98 Å². The Balaban J connectivity index is 1.58. The van der Waals surface area contributed by atoms with E-state index in [4.69, 9.17) is 0 Å². The van der Waals surface area contributed by atoms with E-state index in [9.17, 15) is 4.79 Å². The number of carbonyl (C=O) groups is 1. The van der Waals surface area contributed by atoms with Crippen molar-refractivity contribution in [2.24, 2.45) is 11.8 Å².